The third-order valence-electron chi connectivity index (χ3n) is 2.76. The largest absolute Gasteiger partial charge is 0.496 e. The van der Waals surface area contributed by atoms with E-state index < -0.39 is 5.54 Å². The Morgan fingerprint density at radius 3 is 2.68 bits per heavy atom. The molecule has 0 aliphatic carbocycles. The van der Waals surface area contributed by atoms with Gasteiger partial charge in [-0.3, -0.25) is 0 Å². The molecule has 0 unspecified atom stereocenters. The Morgan fingerprint density at radius 2 is 2.16 bits per heavy atom. The predicted molar refractivity (Wildman–Crippen MR) is 77.0 cm³/mol. The van der Waals surface area contributed by atoms with Crippen LogP contribution in [0.4, 0.5) is 0 Å². The molecule has 5 nitrogen and oxygen atoms in total. The Bertz CT molecular complexity index is 574. The van der Waals surface area contributed by atoms with Gasteiger partial charge in [0, 0.05) is 0 Å². The summed E-state index contributed by atoms with van der Waals surface area (Å²) in [6.45, 7) is 4.46. The van der Waals surface area contributed by atoms with Gasteiger partial charge in [-0.2, -0.15) is 0 Å². The van der Waals surface area contributed by atoms with Crippen molar-refractivity contribution >= 4 is 15.9 Å². The van der Waals surface area contributed by atoms with Crippen LogP contribution < -0.4 is 10.5 Å². The van der Waals surface area contributed by atoms with Crippen LogP contribution in [0, 0.1) is 0 Å². The highest BCUT2D eigenvalue weighted by atomic mass is 79.9. The standard InChI is InChI=1S/C13H17BrN4O/c1-13(2,15)12-8-18(17-16-12)7-9-4-5-11(19-3)10(14)6-9/h4-6,8H,7,15H2,1-3H3. The van der Waals surface area contributed by atoms with E-state index in [2.05, 4.69) is 26.2 Å². The van der Waals surface area contributed by atoms with E-state index in [9.17, 15) is 0 Å². The van der Waals surface area contributed by atoms with Crippen molar-refractivity contribution in [2.45, 2.75) is 25.9 Å². The fraction of sp³-hybridized carbons (Fsp3) is 0.385. The van der Waals surface area contributed by atoms with E-state index in [0.29, 0.717) is 6.54 Å². The molecule has 102 valence electrons. The van der Waals surface area contributed by atoms with Gasteiger partial charge in [0.25, 0.3) is 0 Å². The second-order valence-corrected chi connectivity index (χ2v) is 5.85. The lowest BCUT2D eigenvalue weighted by molar-refractivity contribution is 0.412. The van der Waals surface area contributed by atoms with Crippen LogP contribution in [0.5, 0.6) is 5.75 Å². The van der Waals surface area contributed by atoms with Crippen molar-refractivity contribution in [3.63, 3.8) is 0 Å². The average molecular weight is 325 g/mol. The molecule has 0 spiro atoms. The summed E-state index contributed by atoms with van der Waals surface area (Å²) in [5.41, 5.74) is 7.40. The monoisotopic (exact) mass is 324 g/mol. The molecule has 2 aromatic rings. The van der Waals surface area contributed by atoms with Crippen LogP contribution in [0.15, 0.2) is 28.9 Å². The molecule has 0 amide bonds. The zero-order valence-corrected chi connectivity index (χ0v) is 12.8. The van der Waals surface area contributed by atoms with Crippen molar-refractivity contribution in [3.05, 3.63) is 40.1 Å². The van der Waals surface area contributed by atoms with E-state index in [4.69, 9.17) is 10.5 Å². The summed E-state index contributed by atoms with van der Waals surface area (Å²) in [5, 5.41) is 8.18. The first-order chi connectivity index (χ1) is 8.90. The van der Waals surface area contributed by atoms with Crippen molar-refractivity contribution < 1.29 is 4.74 Å². The topological polar surface area (TPSA) is 66.0 Å². The third-order valence-corrected chi connectivity index (χ3v) is 3.38. The molecule has 0 saturated carbocycles. The molecule has 2 rings (SSSR count). The molecule has 6 heteroatoms. The lowest BCUT2D eigenvalue weighted by Crippen LogP contribution is -2.29. The lowest BCUT2D eigenvalue weighted by Gasteiger charge is -2.13. The van der Waals surface area contributed by atoms with Crippen LogP contribution in [0.3, 0.4) is 0 Å². The van der Waals surface area contributed by atoms with Crippen molar-refractivity contribution in [2.24, 2.45) is 5.73 Å². The first-order valence-corrected chi connectivity index (χ1v) is 6.71. The second kappa shape index (κ2) is 5.30. The number of ether oxygens (including phenoxy) is 1. The number of aromatic nitrogens is 3. The van der Waals surface area contributed by atoms with Crippen molar-refractivity contribution in [2.75, 3.05) is 7.11 Å². The van der Waals surface area contributed by atoms with Gasteiger partial charge >= 0.3 is 0 Å². The molecule has 1 aromatic heterocycles. The summed E-state index contributed by atoms with van der Waals surface area (Å²) in [5.74, 6) is 0.811. The molecule has 0 aliphatic rings. The van der Waals surface area contributed by atoms with Crippen LogP contribution in [-0.4, -0.2) is 22.1 Å². The molecular formula is C13H17BrN4O. The molecule has 1 heterocycles. The minimum atomic E-state index is -0.473. The van der Waals surface area contributed by atoms with Gasteiger partial charge < -0.3 is 10.5 Å². The van der Waals surface area contributed by atoms with Gasteiger partial charge in [-0.25, -0.2) is 4.68 Å². The molecular weight excluding hydrogens is 308 g/mol. The molecule has 0 radical (unpaired) electrons. The number of methoxy groups -OCH3 is 1. The summed E-state index contributed by atoms with van der Waals surface area (Å²) in [6.07, 6.45) is 1.87. The average Bonchev–Trinajstić information content (AvgIpc) is 2.77. The molecule has 0 fully saturated rings. The van der Waals surface area contributed by atoms with E-state index in [1.54, 1.807) is 11.8 Å². The number of rotatable bonds is 4. The zero-order chi connectivity index (χ0) is 14.0. The van der Waals surface area contributed by atoms with Gasteiger partial charge in [-0.1, -0.05) is 11.3 Å². The highest BCUT2D eigenvalue weighted by Crippen LogP contribution is 2.25. The minimum absolute atomic E-state index is 0.473. The SMILES string of the molecule is COc1ccc(Cn2cc(C(C)(C)N)nn2)cc1Br. The molecule has 0 aliphatic heterocycles. The summed E-state index contributed by atoms with van der Waals surface area (Å²) in [4.78, 5) is 0. The van der Waals surface area contributed by atoms with Crippen LogP contribution in [-0.2, 0) is 12.1 Å². The summed E-state index contributed by atoms with van der Waals surface area (Å²) >= 11 is 3.47. The minimum Gasteiger partial charge on any atom is -0.496 e. The summed E-state index contributed by atoms with van der Waals surface area (Å²) in [6, 6.07) is 5.93. The Kier molecular flexibility index (Phi) is 3.91. The highest BCUT2D eigenvalue weighted by molar-refractivity contribution is 9.10. The Morgan fingerprint density at radius 1 is 1.42 bits per heavy atom. The lowest BCUT2D eigenvalue weighted by atomic mass is 10.0. The van der Waals surface area contributed by atoms with Gasteiger partial charge in [-0.05, 0) is 47.5 Å². The molecule has 19 heavy (non-hydrogen) atoms. The van der Waals surface area contributed by atoms with Crippen molar-refractivity contribution in [1.29, 1.82) is 0 Å². The van der Waals surface area contributed by atoms with Crippen LogP contribution >= 0.6 is 15.9 Å². The van der Waals surface area contributed by atoms with E-state index in [1.165, 1.54) is 0 Å². The van der Waals surface area contributed by atoms with Gasteiger partial charge in [-0.15, -0.1) is 5.10 Å². The van der Waals surface area contributed by atoms with Gasteiger partial charge in [0.2, 0.25) is 0 Å². The summed E-state index contributed by atoms with van der Waals surface area (Å²) < 4.78 is 7.90. The third kappa shape index (κ3) is 3.33. The Labute approximate surface area is 120 Å². The number of benzene rings is 1. The number of hydrogen-bond acceptors (Lipinski definition) is 4. The maximum absolute atomic E-state index is 5.99. The number of hydrogen-bond donors (Lipinski definition) is 1. The Hall–Kier alpha value is -1.40. The molecule has 2 N–H and O–H groups in total. The second-order valence-electron chi connectivity index (χ2n) is 4.99. The zero-order valence-electron chi connectivity index (χ0n) is 11.2. The number of nitrogens with two attached hydrogens (primary N) is 1. The smallest absolute Gasteiger partial charge is 0.133 e. The molecule has 1 aromatic carbocycles. The maximum Gasteiger partial charge on any atom is 0.133 e. The normalized spacial score (nSPS) is 11.6. The quantitative estimate of drug-likeness (QED) is 0.937. The van der Waals surface area contributed by atoms with Gasteiger partial charge in [0.1, 0.15) is 11.4 Å². The van der Waals surface area contributed by atoms with Crippen LogP contribution in [0.1, 0.15) is 25.1 Å². The summed E-state index contributed by atoms with van der Waals surface area (Å²) in [7, 11) is 1.65. The van der Waals surface area contributed by atoms with Gasteiger partial charge in [0.05, 0.1) is 29.9 Å². The fourth-order valence-electron chi connectivity index (χ4n) is 1.67. The first kappa shape index (κ1) is 14.0. The van der Waals surface area contributed by atoms with Crippen LogP contribution in [0.25, 0.3) is 0 Å². The first-order valence-electron chi connectivity index (χ1n) is 5.92. The van der Waals surface area contributed by atoms with Gasteiger partial charge in [0.15, 0.2) is 0 Å². The van der Waals surface area contributed by atoms with Crippen LogP contribution in [0.2, 0.25) is 0 Å². The Balaban J connectivity index is 2.17. The molecule has 0 bridgehead atoms. The maximum atomic E-state index is 5.99. The predicted octanol–water partition coefficient (Wildman–Crippen LogP) is 2.29. The van der Waals surface area contributed by atoms with E-state index in [0.717, 1.165) is 21.5 Å². The van der Waals surface area contributed by atoms with E-state index >= 15 is 0 Å². The molecule has 0 saturated heterocycles. The van der Waals surface area contributed by atoms with E-state index in [1.807, 2.05) is 38.2 Å². The highest BCUT2D eigenvalue weighted by Gasteiger charge is 2.18. The van der Waals surface area contributed by atoms with Crippen molar-refractivity contribution in [3.8, 4) is 5.75 Å². The van der Waals surface area contributed by atoms with E-state index in [-0.39, 0.29) is 0 Å². The number of halogens is 1. The number of nitrogens with zero attached hydrogens (tertiary/aromatic N) is 3. The van der Waals surface area contributed by atoms with Crippen molar-refractivity contribution in [1.82, 2.24) is 15.0 Å². The fourth-order valence-corrected chi connectivity index (χ4v) is 2.25. The molecule has 0 atom stereocenters.